The molecular weight excluding hydrogens is 180 g/mol. The van der Waals surface area contributed by atoms with Crippen molar-refractivity contribution in [3.8, 4) is 5.75 Å². The van der Waals surface area contributed by atoms with E-state index in [4.69, 9.17) is 10.5 Å². The van der Waals surface area contributed by atoms with Gasteiger partial charge in [-0.2, -0.15) is 0 Å². The molecule has 1 aromatic carbocycles. The Kier molecular flexibility index (Phi) is 1.84. The maximum atomic E-state index is 11.2. The minimum absolute atomic E-state index is 0.0111. The van der Waals surface area contributed by atoms with Gasteiger partial charge in [0.2, 0.25) is 5.91 Å². The van der Waals surface area contributed by atoms with E-state index in [0.717, 1.165) is 16.8 Å². The normalized spacial score (nSPS) is 13.7. The SMILES string of the molecule is COc1cc(C)c2c(c1N)CC(=O)N2. The minimum Gasteiger partial charge on any atom is -0.495 e. The quantitative estimate of drug-likeness (QED) is 0.654. The number of ether oxygens (including phenoxy) is 1. The van der Waals surface area contributed by atoms with E-state index in [1.807, 2.05) is 13.0 Å². The molecule has 0 radical (unpaired) electrons. The van der Waals surface area contributed by atoms with Gasteiger partial charge < -0.3 is 15.8 Å². The van der Waals surface area contributed by atoms with E-state index in [2.05, 4.69) is 5.32 Å². The molecule has 1 heterocycles. The molecule has 0 saturated carbocycles. The zero-order valence-corrected chi connectivity index (χ0v) is 8.18. The first-order chi connectivity index (χ1) is 6.63. The van der Waals surface area contributed by atoms with Crippen molar-refractivity contribution in [3.63, 3.8) is 0 Å². The van der Waals surface area contributed by atoms with Crippen LogP contribution < -0.4 is 15.8 Å². The van der Waals surface area contributed by atoms with Crippen LogP contribution in [0.5, 0.6) is 5.75 Å². The predicted octanol–water partition coefficient (Wildman–Crippen LogP) is 1.08. The maximum Gasteiger partial charge on any atom is 0.228 e. The van der Waals surface area contributed by atoms with E-state index in [1.54, 1.807) is 7.11 Å². The van der Waals surface area contributed by atoms with Crippen LogP contribution in [0.2, 0.25) is 0 Å². The Morgan fingerprint density at radius 2 is 2.29 bits per heavy atom. The molecule has 0 unspecified atom stereocenters. The number of anilines is 2. The summed E-state index contributed by atoms with van der Waals surface area (Å²) in [6.07, 6.45) is 0.346. The van der Waals surface area contributed by atoms with Gasteiger partial charge in [0.05, 0.1) is 19.2 Å². The van der Waals surface area contributed by atoms with Gasteiger partial charge in [-0.15, -0.1) is 0 Å². The van der Waals surface area contributed by atoms with Gasteiger partial charge in [-0.1, -0.05) is 0 Å². The third-order valence-electron chi connectivity index (χ3n) is 2.46. The number of fused-ring (bicyclic) bond motifs is 1. The van der Waals surface area contributed by atoms with Crippen molar-refractivity contribution in [1.29, 1.82) is 0 Å². The molecule has 0 bridgehead atoms. The highest BCUT2D eigenvalue weighted by atomic mass is 16.5. The Morgan fingerprint density at radius 3 is 2.93 bits per heavy atom. The number of carbonyl (C=O) groups excluding carboxylic acids is 1. The Labute approximate surface area is 82.1 Å². The fourth-order valence-corrected chi connectivity index (χ4v) is 1.74. The lowest BCUT2D eigenvalue weighted by atomic mass is 10.1. The summed E-state index contributed by atoms with van der Waals surface area (Å²) < 4.78 is 5.12. The van der Waals surface area contributed by atoms with Crippen LogP contribution in [0.1, 0.15) is 11.1 Å². The monoisotopic (exact) mass is 192 g/mol. The highest BCUT2D eigenvalue weighted by Crippen LogP contribution is 2.37. The van der Waals surface area contributed by atoms with Crippen LogP contribution in [0.3, 0.4) is 0 Å². The summed E-state index contributed by atoms with van der Waals surface area (Å²) in [6.45, 7) is 1.92. The van der Waals surface area contributed by atoms with Crippen LogP contribution in [0.4, 0.5) is 11.4 Å². The topological polar surface area (TPSA) is 64.3 Å². The second kappa shape index (κ2) is 2.90. The molecule has 14 heavy (non-hydrogen) atoms. The molecule has 4 heteroatoms. The fraction of sp³-hybridized carbons (Fsp3) is 0.300. The molecule has 3 N–H and O–H groups in total. The van der Waals surface area contributed by atoms with Gasteiger partial charge in [0.25, 0.3) is 0 Å². The van der Waals surface area contributed by atoms with E-state index in [1.165, 1.54) is 0 Å². The first kappa shape index (κ1) is 8.87. The van der Waals surface area contributed by atoms with Gasteiger partial charge in [-0.3, -0.25) is 4.79 Å². The largest absolute Gasteiger partial charge is 0.495 e. The molecule has 1 aliphatic heterocycles. The highest BCUT2D eigenvalue weighted by molar-refractivity contribution is 6.02. The van der Waals surface area contributed by atoms with Crippen LogP contribution in [0.15, 0.2) is 6.07 Å². The zero-order valence-electron chi connectivity index (χ0n) is 8.18. The van der Waals surface area contributed by atoms with E-state index in [9.17, 15) is 4.79 Å². The summed E-state index contributed by atoms with van der Waals surface area (Å²) in [5, 5.41) is 2.78. The molecular formula is C10H12N2O2. The van der Waals surface area contributed by atoms with Crippen molar-refractivity contribution in [2.24, 2.45) is 0 Å². The predicted molar refractivity (Wildman–Crippen MR) is 54.5 cm³/mol. The van der Waals surface area contributed by atoms with Gasteiger partial charge in [-0.05, 0) is 18.6 Å². The van der Waals surface area contributed by atoms with Crippen molar-refractivity contribution in [3.05, 3.63) is 17.2 Å². The lowest BCUT2D eigenvalue weighted by molar-refractivity contribution is -0.115. The average molecular weight is 192 g/mol. The van der Waals surface area contributed by atoms with Crippen molar-refractivity contribution >= 4 is 17.3 Å². The number of methoxy groups -OCH3 is 1. The van der Waals surface area contributed by atoms with Crippen molar-refractivity contribution in [2.75, 3.05) is 18.2 Å². The number of benzene rings is 1. The van der Waals surface area contributed by atoms with Crippen LogP contribution in [-0.2, 0) is 11.2 Å². The van der Waals surface area contributed by atoms with E-state index < -0.39 is 0 Å². The fourth-order valence-electron chi connectivity index (χ4n) is 1.74. The van der Waals surface area contributed by atoms with Gasteiger partial charge in [0.1, 0.15) is 5.75 Å². The second-order valence-corrected chi connectivity index (χ2v) is 3.39. The van der Waals surface area contributed by atoms with E-state index in [0.29, 0.717) is 17.9 Å². The van der Waals surface area contributed by atoms with Crippen LogP contribution >= 0.6 is 0 Å². The summed E-state index contributed by atoms with van der Waals surface area (Å²) in [5.74, 6) is 0.626. The number of nitrogens with one attached hydrogen (secondary N) is 1. The summed E-state index contributed by atoms with van der Waals surface area (Å²) in [4.78, 5) is 11.2. The third-order valence-corrected chi connectivity index (χ3v) is 2.46. The molecule has 0 spiro atoms. The number of amides is 1. The van der Waals surface area contributed by atoms with E-state index in [-0.39, 0.29) is 5.91 Å². The Hall–Kier alpha value is -1.71. The molecule has 1 aliphatic rings. The number of carbonyl (C=O) groups is 1. The molecule has 1 aromatic rings. The summed E-state index contributed by atoms with van der Waals surface area (Å²) in [5.41, 5.74) is 9.10. The molecule has 1 amide bonds. The first-order valence-electron chi connectivity index (χ1n) is 4.39. The second-order valence-electron chi connectivity index (χ2n) is 3.39. The standard InChI is InChI=1S/C10H12N2O2/c1-5-3-7(14-2)9(11)6-4-8(13)12-10(5)6/h3H,4,11H2,1-2H3,(H,12,13). The number of hydrogen-bond acceptors (Lipinski definition) is 3. The Morgan fingerprint density at radius 1 is 1.57 bits per heavy atom. The van der Waals surface area contributed by atoms with Crippen LogP contribution in [0.25, 0.3) is 0 Å². The third kappa shape index (κ3) is 1.11. The van der Waals surface area contributed by atoms with Crippen molar-refractivity contribution in [1.82, 2.24) is 0 Å². The lowest BCUT2D eigenvalue weighted by Crippen LogP contribution is -2.04. The highest BCUT2D eigenvalue weighted by Gasteiger charge is 2.24. The molecule has 0 atom stereocenters. The number of aryl methyl sites for hydroxylation is 1. The zero-order chi connectivity index (χ0) is 10.3. The minimum atomic E-state index is -0.0111. The van der Waals surface area contributed by atoms with E-state index >= 15 is 0 Å². The number of rotatable bonds is 1. The molecule has 2 rings (SSSR count). The summed E-state index contributed by atoms with van der Waals surface area (Å²) >= 11 is 0. The number of hydrogen-bond donors (Lipinski definition) is 2. The Bertz CT molecular complexity index is 413. The van der Waals surface area contributed by atoms with Crippen LogP contribution in [0, 0.1) is 6.92 Å². The molecule has 0 aromatic heterocycles. The maximum absolute atomic E-state index is 11.2. The van der Waals surface area contributed by atoms with Crippen molar-refractivity contribution in [2.45, 2.75) is 13.3 Å². The first-order valence-corrected chi connectivity index (χ1v) is 4.39. The number of nitrogen functional groups attached to an aromatic ring is 1. The number of nitrogens with two attached hydrogens (primary N) is 1. The summed E-state index contributed by atoms with van der Waals surface area (Å²) in [7, 11) is 1.57. The van der Waals surface area contributed by atoms with Gasteiger partial charge in [0, 0.05) is 11.3 Å². The molecule has 0 saturated heterocycles. The lowest BCUT2D eigenvalue weighted by Gasteiger charge is -2.11. The van der Waals surface area contributed by atoms with Gasteiger partial charge in [0.15, 0.2) is 0 Å². The van der Waals surface area contributed by atoms with Crippen LogP contribution in [-0.4, -0.2) is 13.0 Å². The average Bonchev–Trinajstić information content (AvgIpc) is 2.54. The molecule has 4 nitrogen and oxygen atoms in total. The van der Waals surface area contributed by atoms with Gasteiger partial charge in [-0.25, -0.2) is 0 Å². The molecule has 74 valence electrons. The Balaban J connectivity index is 2.63. The van der Waals surface area contributed by atoms with Crippen molar-refractivity contribution < 1.29 is 9.53 Å². The smallest absolute Gasteiger partial charge is 0.228 e. The van der Waals surface area contributed by atoms with Gasteiger partial charge >= 0.3 is 0 Å². The summed E-state index contributed by atoms with van der Waals surface area (Å²) in [6, 6.07) is 1.83. The molecule has 0 aliphatic carbocycles. The molecule has 0 fully saturated rings.